The third-order valence-corrected chi connectivity index (χ3v) is 7.81. The largest absolute Gasteiger partial charge is 0.302 e. The zero-order chi connectivity index (χ0) is 16.4. The van der Waals surface area contributed by atoms with Crippen LogP contribution in [0.2, 0.25) is 0 Å². The number of hydrogen-bond donors (Lipinski definition) is 0. The zero-order valence-corrected chi connectivity index (χ0v) is 14.1. The molecule has 4 rings (SSSR count). The maximum absolute atomic E-state index is 12.4. The van der Waals surface area contributed by atoms with Crippen LogP contribution in [0.5, 0.6) is 0 Å². The quantitative estimate of drug-likeness (QED) is 0.696. The molecule has 0 aromatic carbocycles. The summed E-state index contributed by atoms with van der Waals surface area (Å²) in [5.41, 5.74) is 0.512. The van der Waals surface area contributed by atoms with Crippen molar-refractivity contribution in [3.05, 3.63) is 11.6 Å². The molecule has 4 aliphatic rings. The highest BCUT2D eigenvalue weighted by atomic mass is 16.1. The van der Waals surface area contributed by atoms with Crippen LogP contribution in [0.4, 0.5) is 0 Å². The summed E-state index contributed by atoms with van der Waals surface area (Å²) in [6.07, 6.45) is 8.76. The van der Waals surface area contributed by atoms with E-state index in [2.05, 4.69) is 13.8 Å². The van der Waals surface area contributed by atoms with Gasteiger partial charge >= 0.3 is 0 Å². The van der Waals surface area contributed by atoms with Crippen LogP contribution in [0.3, 0.4) is 0 Å². The molecule has 0 heterocycles. The first-order valence-corrected chi connectivity index (χ1v) is 9.17. The number of aldehydes is 1. The first-order valence-electron chi connectivity index (χ1n) is 9.17. The Morgan fingerprint density at radius 2 is 1.91 bits per heavy atom. The Hall–Kier alpha value is -1.25. The number of hydrogen-bond acceptors (Lipinski definition) is 3. The zero-order valence-electron chi connectivity index (χ0n) is 14.1. The van der Waals surface area contributed by atoms with Gasteiger partial charge in [0.1, 0.15) is 12.1 Å². The van der Waals surface area contributed by atoms with E-state index in [1.165, 1.54) is 0 Å². The van der Waals surface area contributed by atoms with Crippen molar-refractivity contribution in [1.29, 1.82) is 0 Å². The van der Waals surface area contributed by atoms with Gasteiger partial charge in [-0.3, -0.25) is 9.59 Å². The molecule has 0 aromatic heterocycles. The lowest BCUT2D eigenvalue weighted by Crippen LogP contribution is -2.54. The summed E-state index contributed by atoms with van der Waals surface area (Å²) < 4.78 is 0. The summed E-state index contributed by atoms with van der Waals surface area (Å²) >= 11 is 0. The van der Waals surface area contributed by atoms with Crippen molar-refractivity contribution >= 4 is 17.9 Å². The number of ketones is 2. The Kier molecular flexibility index (Phi) is 3.24. The fourth-order valence-corrected chi connectivity index (χ4v) is 6.63. The minimum atomic E-state index is -0.427. The fraction of sp³-hybridized carbons (Fsp3) is 0.750. The highest BCUT2D eigenvalue weighted by Crippen LogP contribution is 2.64. The Bertz CT molecular complexity index is 618. The molecule has 3 heteroatoms. The molecule has 1 unspecified atom stereocenters. The van der Waals surface area contributed by atoms with Crippen molar-refractivity contribution in [3.8, 4) is 0 Å². The van der Waals surface area contributed by atoms with E-state index in [9.17, 15) is 14.4 Å². The van der Waals surface area contributed by atoms with Gasteiger partial charge in [-0.05, 0) is 61.9 Å². The van der Waals surface area contributed by atoms with Gasteiger partial charge in [-0.15, -0.1) is 0 Å². The van der Waals surface area contributed by atoms with Gasteiger partial charge in [0.05, 0.1) is 5.41 Å². The second kappa shape index (κ2) is 4.87. The summed E-state index contributed by atoms with van der Waals surface area (Å²) in [6, 6.07) is 0. The number of rotatable bonds is 1. The number of Topliss-reactive ketones (excluding diaryl/α,β-unsaturated/α-hetero) is 1. The van der Waals surface area contributed by atoms with E-state index in [1.54, 1.807) is 6.08 Å². The average molecular weight is 314 g/mol. The average Bonchev–Trinajstić information content (AvgIpc) is 2.84. The van der Waals surface area contributed by atoms with Crippen LogP contribution in [0.25, 0.3) is 0 Å². The molecule has 0 saturated heterocycles. The summed E-state index contributed by atoms with van der Waals surface area (Å²) in [7, 11) is 0. The molecule has 3 saturated carbocycles. The van der Waals surface area contributed by atoms with Crippen molar-refractivity contribution in [2.75, 3.05) is 0 Å². The van der Waals surface area contributed by atoms with E-state index in [0.29, 0.717) is 42.8 Å². The van der Waals surface area contributed by atoms with E-state index < -0.39 is 5.41 Å². The Balaban J connectivity index is 1.78. The SMILES string of the molecule is CC1C[C@@H]2[C@H](CC[C@]3(C)C(=O)CC[C@@H]23)[C@@]2(C=O)CCC(=O)C=C12. The molecule has 0 amide bonds. The van der Waals surface area contributed by atoms with Crippen LogP contribution in [-0.4, -0.2) is 17.9 Å². The maximum atomic E-state index is 12.4. The molecule has 0 radical (unpaired) electrons. The molecule has 3 fully saturated rings. The van der Waals surface area contributed by atoms with Crippen LogP contribution in [0, 0.1) is 34.5 Å². The molecule has 4 aliphatic carbocycles. The lowest BCUT2D eigenvalue weighted by molar-refractivity contribution is -0.137. The second-order valence-electron chi connectivity index (χ2n) is 8.66. The van der Waals surface area contributed by atoms with E-state index in [4.69, 9.17) is 0 Å². The molecule has 0 aromatic rings. The van der Waals surface area contributed by atoms with Crippen molar-refractivity contribution in [2.45, 2.75) is 58.8 Å². The smallest absolute Gasteiger partial charge is 0.155 e. The lowest BCUT2D eigenvalue weighted by Gasteiger charge is -2.57. The van der Waals surface area contributed by atoms with Gasteiger partial charge < -0.3 is 4.79 Å². The topological polar surface area (TPSA) is 51.2 Å². The molecular formula is C20H26O3. The predicted octanol–water partition coefficient (Wildman–Crippen LogP) is 3.51. The first-order chi connectivity index (χ1) is 10.9. The number of fused-ring (bicyclic) bond motifs is 5. The third kappa shape index (κ3) is 1.85. The van der Waals surface area contributed by atoms with Crippen LogP contribution >= 0.6 is 0 Å². The van der Waals surface area contributed by atoms with Gasteiger partial charge in [0, 0.05) is 18.3 Å². The summed E-state index contributed by atoms with van der Waals surface area (Å²) in [4.78, 5) is 36.6. The molecule has 0 N–H and O–H groups in total. The van der Waals surface area contributed by atoms with Crippen molar-refractivity contribution in [1.82, 2.24) is 0 Å². The molecule has 0 spiro atoms. The van der Waals surface area contributed by atoms with Crippen molar-refractivity contribution in [3.63, 3.8) is 0 Å². The second-order valence-corrected chi connectivity index (χ2v) is 8.66. The van der Waals surface area contributed by atoms with Gasteiger partial charge in [0.25, 0.3) is 0 Å². The fourth-order valence-electron chi connectivity index (χ4n) is 6.63. The number of carbonyl (C=O) groups is 3. The highest BCUT2D eigenvalue weighted by Gasteiger charge is 2.61. The minimum Gasteiger partial charge on any atom is -0.302 e. The summed E-state index contributed by atoms with van der Waals surface area (Å²) in [5.74, 6) is 2.13. The highest BCUT2D eigenvalue weighted by molar-refractivity contribution is 5.94. The predicted molar refractivity (Wildman–Crippen MR) is 86.7 cm³/mol. The van der Waals surface area contributed by atoms with Crippen LogP contribution in [-0.2, 0) is 14.4 Å². The standard InChI is InChI=1S/C20H26O3/c1-12-9-14-15-3-4-18(23)19(15,2)7-6-16(14)20(11-21)8-5-13(22)10-17(12)20/h10-12,14-16H,3-9H2,1-2H3/t12?,14-,15-,16-,19-,20-/m0/s1. The van der Waals surface area contributed by atoms with Gasteiger partial charge in [0.15, 0.2) is 5.78 Å². The normalized spacial score (nSPS) is 49.0. The Morgan fingerprint density at radius 1 is 1.13 bits per heavy atom. The minimum absolute atomic E-state index is 0.156. The third-order valence-electron chi connectivity index (χ3n) is 7.81. The summed E-state index contributed by atoms with van der Waals surface area (Å²) in [6.45, 7) is 4.33. The molecule has 0 bridgehead atoms. The molecule has 6 atom stereocenters. The van der Waals surface area contributed by atoms with Crippen molar-refractivity contribution < 1.29 is 14.4 Å². The Labute approximate surface area is 137 Å². The molecular weight excluding hydrogens is 288 g/mol. The van der Waals surface area contributed by atoms with E-state index >= 15 is 0 Å². The van der Waals surface area contributed by atoms with Gasteiger partial charge in [0.2, 0.25) is 0 Å². The maximum Gasteiger partial charge on any atom is 0.155 e. The number of allylic oxidation sites excluding steroid dienone is 1. The van der Waals surface area contributed by atoms with Gasteiger partial charge in [-0.25, -0.2) is 0 Å². The van der Waals surface area contributed by atoms with E-state index in [-0.39, 0.29) is 17.1 Å². The molecule has 0 aliphatic heterocycles. The number of carbonyl (C=O) groups excluding carboxylic acids is 3. The molecule has 3 nitrogen and oxygen atoms in total. The summed E-state index contributed by atoms with van der Waals surface area (Å²) in [5, 5.41) is 0. The van der Waals surface area contributed by atoms with Crippen LogP contribution < -0.4 is 0 Å². The van der Waals surface area contributed by atoms with Crippen LogP contribution in [0.1, 0.15) is 58.8 Å². The Morgan fingerprint density at radius 3 is 2.65 bits per heavy atom. The lowest BCUT2D eigenvalue weighted by atomic mass is 9.45. The first kappa shape index (κ1) is 15.3. The molecule has 124 valence electrons. The van der Waals surface area contributed by atoms with Crippen molar-refractivity contribution in [2.24, 2.45) is 34.5 Å². The monoisotopic (exact) mass is 314 g/mol. The van der Waals surface area contributed by atoms with E-state index in [1.807, 2.05) is 0 Å². The van der Waals surface area contributed by atoms with Crippen LogP contribution in [0.15, 0.2) is 11.6 Å². The molecule has 23 heavy (non-hydrogen) atoms. The van der Waals surface area contributed by atoms with Gasteiger partial charge in [-0.2, -0.15) is 0 Å². The van der Waals surface area contributed by atoms with E-state index in [0.717, 1.165) is 37.5 Å². The van der Waals surface area contributed by atoms with Gasteiger partial charge in [-0.1, -0.05) is 19.4 Å².